The SMILES string of the molecule is CC1CCC(CNC(=O)c2nc[nH]c2C(=O)O)C1. The summed E-state index contributed by atoms with van der Waals surface area (Å²) >= 11 is 0. The van der Waals surface area contributed by atoms with E-state index in [-0.39, 0.29) is 11.4 Å². The Kier molecular flexibility index (Phi) is 3.64. The minimum atomic E-state index is -1.17. The lowest BCUT2D eigenvalue weighted by Crippen LogP contribution is -2.30. The van der Waals surface area contributed by atoms with Crippen molar-refractivity contribution in [2.75, 3.05) is 6.54 Å². The number of nitrogens with one attached hydrogen (secondary N) is 2. The van der Waals surface area contributed by atoms with E-state index in [1.807, 2.05) is 0 Å². The predicted octanol–water partition coefficient (Wildman–Crippen LogP) is 1.27. The smallest absolute Gasteiger partial charge is 0.354 e. The standard InChI is InChI=1S/C12H17N3O3/c1-7-2-3-8(4-7)5-13-11(16)9-10(12(17)18)15-6-14-9/h6-8H,2-5H2,1H3,(H,13,16)(H,14,15)(H,17,18). The van der Waals surface area contributed by atoms with Crippen molar-refractivity contribution in [3.8, 4) is 0 Å². The van der Waals surface area contributed by atoms with Gasteiger partial charge in [0.25, 0.3) is 5.91 Å². The van der Waals surface area contributed by atoms with Gasteiger partial charge < -0.3 is 15.4 Å². The minimum absolute atomic E-state index is 0.0476. The molecule has 2 atom stereocenters. The molecule has 18 heavy (non-hydrogen) atoms. The van der Waals surface area contributed by atoms with Crippen LogP contribution in [-0.2, 0) is 0 Å². The summed E-state index contributed by atoms with van der Waals surface area (Å²) in [7, 11) is 0. The van der Waals surface area contributed by atoms with Crippen LogP contribution < -0.4 is 5.32 Å². The largest absolute Gasteiger partial charge is 0.477 e. The molecule has 1 saturated carbocycles. The molecule has 0 aromatic carbocycles. The third-order valence-electron chi connectivity index (χ3n) is 3.42. The Morgan fingerprint density at radius 1 is 1.56 bits per heavy atom. The molecule has 1 heterocycles. The third kappa shape index (κ3) is 2.69. The first-order chi connectivity index (χ1) is 8.58. The molecule has 1 fully saturated rings. The second kappa shape index (κ2) is 5.20. The van der Waals surface area contributed by atoms with E-state index >= 15 is 0 Å². The summed E-state index contributed by atoms with van der Waals surface area (Å²) in [5, 5.41) is 11.6. The highest BCUT2D eigenvalue weighted by molar-refractivity contribution is 6.02. The molecule has 0 radical (unpaired) electrons. The van der Waals surface area contributed by atoms with E-state index in [4.69, 9.17) is 5.11 Å². The Hall–Kier alpha value is -1.85. The molecule has 0 bridgehead atoms. The van der Waals surface area contributed by atoms with Crippen molar-refractivity contribution in [1.82, 2.24) is 15.3 Å². The fourth-order valence-corrected chi connectivity index (χ4v) is 2.46. The average molecular weight is 251 g/mol. The van der Waals surface area contributed by atoms with E-state index in [0.29, 0.717) is 18.4 Å². The first-order valence-corrected chi connectivity index (χ1v) is 6.12. The van der Waals surface area contributed by atoms with Crippen molar-refractivity contribution in [1.29, 1.82) is 0 Å². The molecule has 1 aromatic heterocycles. The van der Waals surface area contributed by atoms with Gasteiger partial charge >= 0.3 is 5.97 Å². The lowest BCUT2D eigenvalue weighted by atomic mass is 10.1. The lowest BCUT2D eigenvalue weighted by molar-refractivity contribution is 0.0685. The van der Waals surface area contributed by atoms with Gasteiger partial charge in [-0.15, -0.1) is 0 Å². The lowest BCUT2D eigenvalue weighted by Gasteiger charge is -2.10. The van der Waals surface area contributed by atoms with Crippen molar-refractivity contribution in [3.63, 3.8) is 0 Å². The highest BCUT2D eigenvalue weighted by Crippen LogP contribution is 2.29. The Morgan fingerprint density at radius 2 is 2.33 bits per heavy atom. The molecule has 0 saturated heterocycles. The summed E-state index contributed by atoms with van der Waals surface area (Å²) in [5.74, 6) is -0.386. The van der Waals surface area contributed by atoms with Crippen molar-refractivity contribution in [2.45, 2.75) is 26.2 Å². The van der Waals surface area contributed by atoms with Crippen LogP contribution in [-0.4, -0.2) is 33.5 Å². The molecular weight excluding hydrogens is 234 g/mol. The highest BCUT2D eigenvalue weighted by Gasteiger charge is 2.24. The van der Waals surface area contributed by atoms with E-state index in [9.17, 15) is 9.59 Å². The van der Waals surface area contributed by atoms with Crippen LogP contribution in [0.1, 0.15) is 47.2 Å². The van der Waals surface area contributed by atoms with Gasteiger partial charge in [-0.1, -0.05) is 13.3 Å². The number of amides is 1. The Labute approximate surface area is 105 Å². The van der Waals surface area contributed by atoms with Crippen LogP contribution in [0.15, 0.2) is 6.33 Å². The number of carboxylic acids is 1. The van der Waals surface area contributed by atoms with Gasteiger partial charge in [-0.3, -0.25) is 4.79 Å². The van der Waals surface area contributed by atoms with Crippen molar-refractivity contribution in [3.05, 3.63) is 17.7 Å². The molecule has 3 N–H and O–H groups in total. The molecule has 0 aliphatic heterocycles. The van der Waals surface area contributed by atoms with Gasteiger partial charge in [-0.2, -0.15) is 0 Å². The summed E-state index contributed by atoms with van der Waals surface area (Å²) in [6.45, 7) is 2.80. The summed E-state index contributed by atoms with van der Waals surface area (Å²) in [4.78, 5) is 28.9. The van der Waals surface area contributed by atoms with Gasteiger partial charge in [0.15, 0.2) is 11.4 Å². The second-order valence-electron chi connectivity index (χ2n) is 4.93. The molecule has 0 spiro atoms. The molecule has 6 heteroatoms. The number of imidazole rings is 1. The van der Waals surface area contributed by atoms with Gasteiger partial charge in [0, 0.05) is 6.54 Å². The van der Waals surface area contributed by atoms with Crippen molar-refractivity contribution in [2.24, 2.45) is 11.8 Å². The number of hydrogen-bond donors (Lipinski definition) is 3. The maximum atomic E-state index is 11.8. The number of hydrogen-bond acceptors (Lipinski definition) is 3. The van der Waals surface area contributed by atoms with Crippen LogP contribution in [0.25, 0.3) is 0 Å². The highest BCUT2D eigenvalue weighted by atomic mass is 16.4. The van der Waals surface area contributed by atoms with E-state index < -0.39 is 11.9 Å². The van der Waals surface area contributed by atoms with Gasteiger partial charge in [-0.05, 0) is 24.7 Å². The number of H-pyrrole nitrogens is 1. The minimum Gasteiger partial charge on any atom is -0.477 e. The first kappa shape index (κ1) is 12.6. The molecule has 6 nitrogen and oxygen atoms in total. The maximum absolute atomic E-state index is 11.8. The van der Waals surface area contributed by atoms with Gasteiger partial charge in [0.05, 0.1) is 6.33 Å². The first-order valence-electron chi connectivity index (χ1n) is 6.12. The molecule has 1 aliphatic carbocycles. The van der Waals surface area contributed by atoms with Crippen molar-refractivity contribution >= 4 is 11.9 Å². The molecule has 1 aromatic rings. The molecule has 1 amide bonds. The molecular formula is C12H17N3O3. The number of aromatic carboxylic acids is 1. The Balaban J connectivity index is 1.91. The maximum Gasteiger partial charge on any atom is 0.354 e. The number of carbonyl (C=O) groups excluding carboxylic acids is 1. The van der Waals surface area contributed by atoms with Crippen LogP contribution in [0, 0.1) is 11.8 Å². The normalized spacial score (nSPS) is 22.9. The number of carboxylic acid groups (broad SMARTS) is 1. The van der Waals surface area contributed by atoms with E-state index in [1.165, 1.54) is 12.7 Å². The number of rotatable bonds is 4. The molecule has 2 rings (SSSR count). The fraction of sp³-hybridized carbons (Fsp3) is 0.583. The quantitative estimate of drug-likeness (QED) is 0.751. The van der Waals surface area contributed by atoms with Crippen LogP contribution in [0.4, 0.5) is 0 Å². The zero-order chi connectivity index (χ0) is 13.1. The molecule has 2 unspecified atom stereocenters. The van der Waals surface area contributed by atoms with E-state index in [0.717, 1.165) is 12.8 Å². The summed E-state index contributed by atoms with van der Waals surface area (Å²) in [6, 6.07) is 0. The topological polar surface area (TPSA) is 95.1 Å². The summed E-state index contributed by atoms with van der Waals surface area (Å²) in [6.07, 6.45) is 4.65. The zero-order valence-electron chi connectivity index (χ0n) is 10.3. The van der Waals surface area contributed by atoms with Crippen LogP contribution >= 0.6 is 0 Å². The van der Waals surface area contributed by atoms with E-state index in [1.54, 1.807) is 0 Å². The van der Waals surface area contributed by atoms with Gasteiger partial charge in [-0.25, -0.2) is 9.78 Å². The average Bonchev–Trinajstić information content (AvgIpc) is 2.94. The van der Waals surface area contributed by atoms with Crippen molar-refractivity contribution < 1.29 is 14.7 Å². The Morgan fingerprint density at radius 3 is 2.94 bits per heavy atom. The second-order valence-corrected chi connectivity index (χ2v) is 4.93. The molecule has 1 aliphatic rings. The Bertz CT molecular complexity index is 455. The van der Waals surface area contributed by atoms with Crippen LogP contribution in [0.2, 0.25) is 0 Å². The number of carbonyl (C=O) groups is 2. The summed E-state index contributed by atoms with van der Waals surface area (Å²) < 4.78 is 0. The van der Waals surface area contributed by atoms with Crippen LogP contribution in [0.5, 0.6) is 0 Å². The van der Waals surface area contributed by atoms with Crippen LogP contribution in [0.3, 0.4) is 0 Å². The third-order valence-corrected chi connectivity index (χ3v) is 3.42. The zero-order valence-corrected chi connectivity index (χ0v) is 10.3. The monoisotopic (exact) mass is 251 g/mol. The van der Waals surface area contributed by atoms with Gasteiger partial charge in [0.1, 0.15) is 0 Å². The van der Waals surface area contributed by atoms with Gasteiger partial charge in [0.2, 0.25) is 0 Å². The number of aromatic amines is 1. The fourth-order valence-electron chi connectivity index (χ4n) is 2.46. The molecule has 98 valence electrons. The summed E-state index contributed by atoms with van der Waals surface area (Å²) in [5.41, 5.74) is -0.208. The number of aromatic nitrogens is 2. The number of nitrogens with zero attached hydrogens (tertiary/aromatic N) is 1. The van der Waals surface area contributed by atoms with E-state index in [2.05, 4.69) is 22.2 Å². The predicted molar refractivity (Wildman–Crippen MR) is 64.4 cm³/mol.